The maximum Gasteiger partial charge on any atom is 0.331 e. The van der Waals surface area contributed by atoms with E-state index in [0.717, 1.165) is 11.1 Å². The van der Waals surface area contributed by atoms with Crippen molar-refractivity contribution in [1.29, 1.82) is 0 Å². The molecule has 2 heterocycles. The van der Waals surface area contributed by atoms with E-state index in [1.54, 1.807) is 42.5 Å². The zero-order valence-electron chi connectivity index (χ0n) is 18.0. The predicted octanol–water partition coefficient (Wildman–Crippen LogP) is 4.09. The first-order valence-corrected chi connectivity index (χ1v) is 12.1. The Morgan fingerprint density at radius 2 is 1.55 bits per heavy atom. The average molecular weight is 462 g/mol. The number of ether oxygens (including phenoxy) is 2. The maximum atomic E-state index is 14.2. The fourth-order valence-electron chi connectivity index (χ4n) is 4.48. The lowest BCUT2D eigenvalue weighted by atomic mass is 9.96. The maximum absolute atomic E-state index is 14.2. The van der Waals surface area contributed by atoms with Gasteiger partial charge in [0.05, 0.1) is 17.5 Å². The van der Waals surface area contributed by atoms with E-state index in [4.69, 9.17) is 9.47 Å². The number of carbonyl (C=O) groups excluding carboxylic acids is 1. The summed E-state index contributed by atoms with van der Waals surface area (Å²) in [5.41, 5.74) is 0.768. The minimum Gasteiger partial charge on any atom is -0.450 e. The Morgan fingerprint density at radius 3 is 2.15 bits per heavy atom. The smallest absolute Gasteiger partial charge is 0.331 e. The van der Waals surface area contributed by atoms with Gasteiger partial charge >= 0.3 is 5.97 Å². The average Bonchev–Trinajstić information content (AvgIpc) is 3.46. The number of benzene rings is 3. The van der Waals surface area contributed by atoms with Crippen molar-refractivity contribution < 1.29 is 22.7 Å². The lowest BCUT2D eigenvalue weighted by Crippen LogP contribution is -2.54. The van der Waals surface area contributed by atoms with Gasteiger partial charge in [0.1, 0.15) is 0 Å². The Labute approximate surface area is 193 Å². The molecule has 0 spiro atoms. The summed E-state index contributed by atoms with van der Waals surface area (Å²) in [4.78, 5) is 12.2. The normalized spacial score (nSPS) is 25.3. The second kappa shape index (κ2) is 8.26. The van der Waals surface area contributed by atoms with Crippen LogP contribution in [0, 0.1) is 6.92 Å². The number of rotatable bonds is 5. The van der Waals surface area contributed by atoms with Crippen molar-refractivity contribution >= 4 is 16.0 Å². The Kier molecular flexibility index (Phi) is 5.40. The molecule has 6 nitrogen and oxygen atoms in total. The van der Waals surface area contributed by atoms with Gasteiger partial charge in [-0.3, -0.25) is 0 Å². The molecule has 1 saturated heterocycles. The van der Waals surface area contributed by atoms with Crippen LogP contribution in [0.2, 0.25) is 0 Å². The van der Waals surface area contributed by atoms with Crippen molar-refractivity contribution in [2.45, 2.75) is 29.7 Å². The van der Waals surface area contributed by atoms with Gasteiger partial charge in [-0.25, -0.2) is 13.2 Å². The third-order valence-electron chi connectivity index (χ3n) is 6.06. The van der Waals surface area contributed by atoms with Crippen LogP contribution in [0.25, 0.3) is 0 Å². The zero-order valence-corrected chi connectivity index (χ0v) is 18.8. The van der Waals surface area contributed by atoms with E-state index < -0.39 is 33.9 Å². The van der Waals surface area contributed by atoms with Gasteiger partial charge in [0, 0.05) is 11.6 Å². The lowest BCUT2D eigenvalue weighted by Gasteiger charge is -2.41. The molecule has 0 aromatic heterocycles. The van der Waals surface area contributed by atoms with Crippen molar-refractivity contribution in [3.8, 4) is 0 Å². The molecule has 0 amide bonds. The van der Waals surface area contributed by atoms with Crippen LogP contribution in [0.3, 0.4) is 0 Å². The van der Waals surface area contributed by atoms with Crippen molar-refractivity contribution in [3.63, 3.8) is 0 Å². The molecule has 0 aliphatic carbocycles. The molecule has 1 fully saturated rings. The Hall–Kier alpha value is -3.26. The summed E-state index contributed by atoms with van der Waals surface area (Å²) < 4.78 is 41.8. The van der Waals surface area contributed by atoms with E-state index >= 15 is 0 Å². The van der Waals surface area contributed by atoms with Gasteiger partial charge < -0.3 is 9.47 Å². The molecule has 2 aliphatic heterocycles. The zero-order chi connectivity index (χ0) is 23.1. The Morgan fingerprint density at radius 1 is 0.909 bits per heavy atom. The second-order valence-electron chi connectivity index (χ2n) is 8.13. The van der Waals surface area contributed by atoms with Crippen LogP contribution < -0.4 is 0 Å². The highest BCUT2D eigenvalue weighted by molar-refractivity contribution is 7.89. The molecule has 3 aromatic carbocycles. The predicted molar refractivity (Wildman–Crippen MR) is 122 cm³/mol. The highest BCUT2D eigenvalue weighted by Gasteiger charge is 2.61. The molecule has 2 aliphatic rings. The number of carbonyl (C=O) groups is 1. The molecule has 0 N–H and O–H groups in total. The molecule has 168 valence electrons. The van der Waals surface area contributed by atoms with E-state index in [2.05, 4.69) is 0 Å². The number of hydrogen-bond acceptors (Lipinski definition) is 5. The standard InChI is InChI=1S/C26H23NO5S/c1-19-12-14-22(15-13-19)33(29,30)27-23(20-8-4-2-5-9-20)18-31-26(27,21-10-6-3-7-11-21)24-16-17-25(28)32-24/h2-17,23-24H,18H2,1H3/t23-,24+,26-/m0/s1. The monoisotopic (exact) mass is 461 g/mol. The van der Waals surface area contributed by atoms with Crippen LogP contribution in [0.4, 0.5) is 0 Å². The quantitative estimate of drug-likeness (QED) is 0.535. The highest BCUT2D eigenvalue weighted by Crippen LogP contribution is 2.50. The van der Waals surface area contributed by atoms with Gasteiger partial charge in [0.25, 0.3) is 0 Å². The van der Waals surface area contributed by atoms with Crippen LogP contribution in [0.5, 0.6) is 0 Å². The van der Waals surface area contributed by atoms with Gasteiger partial charge in [-0.2, -0.15) is 0 Å². The molecule has 0 radical (unpaired) electrons. The summed E-state index contributed by atoms with van der Waals surface area (Å²) >= 11 is 0. The number of sulfonamides is 1. The number of cyclic esters (lactones) is 1. The number of nitrogens with zero attached hydrogens (tertiary/aromatic N) is 1. The third-order valence-corrected chi connectivity index (χ3v) is 7.97. The molecular weight excluding hydrogens is 438 g/mol. The van der Waals surface area contributed by atoms with Crippen LogP contribution >= 0.6 is 0 Å². The number of esters is 1. The lowest BCUT2D eigenvalue weighted by molar-refractivity contribution is -0.165. The molecular formula is C26H23NO5S. The first-order chi connectivity index (χ1) is 15.9. The molecule has 0 unspecified atom stereocenters. The first-order valence-electron chi connectivity index (χ1n) is 10.7. The molecule has 5 rings (SSSR count). The van der Waals surface area contributed by atoms with Gasteiger partial charge in [0.15, 0.2) is 6.10 Å². The topological polar surface area (TPSA) is 72.9 Å². The van der Waals surface area contributed by atoms with E-state index in [1.165, 1.54) is 10.4 Å². The number of aryl methyl sites for hydroxylation is 1. The van der Waals surface area contributed by atoms with Crippen molar-refractivity contribution in [3.05, 3.63) is 114 Å². The van der Waals surface area contributed by atoms with Crippen LogP contribution in [-0.2, 0) is 30.0 Å². The summed E-state index contributed by atoms with van der Waals surface area (Å²) in [6.07, 6.45) is 1.94. The fourth-order valence-corrected chi connectivity index (χ4v) is 6.33. The third kappa shape index (κ3) is 3.58. The minimum atomic E-state index is -4.08. The number of hydrogen-bond donors (Lipinski definition) is 0. The van der Waals surface area contributed by atoms with Gasteiger partial charge in [-0.05, 0) is 30.7 Å². The molecule has 3 aromatic rings. The molecule has 0 bridgehead atoms. The summed E-state index contributed by atoms with van der Waals surface area (Å²) in [6, 6.07) is 24.5. The molecule has 3 atom stereocenters. The Balaban J connectivity index is 1.76. The summed E-state index contributed by atoms with van der Waals surface area (Å²) in [5.74, 6) is -0.533. The highest BCUT2D eigenvalue weighted by atomic mass is 32.2. The van der Waals surface area contributed by atoms with E-state index in [1.807, 2.05) is 55.5 Å². The van der Waals surface area contributed by atoms with Crippen LogP contribution in [0.1, 0.15) is 22.7 Å². The van der Waals surface area contributed by atoms with Crippen molar-refractivity contribution in [2.75, 3.05) is 6.61 Å². The summed E-state index contributed by atoms with van der Waals surface area (Å²) in [7, 11) is -4.08. The second-order valence-corrected chi connectivity index (χ2v) is 9.95. The molecule has 7 heteroatoms. The first kappa shape index (κ1) is 21.6. The SMILES string of the molecule is Cc1ccc(S(=O)(=O)N2[C@H](c3ccccc3)CO[C@@]2(c2ccccc2)[C@H]2C=CC(=O)O2)cc1. The summed E-state index contributed by atoms with van der Waals surface area (Å²) in [6.45, 7) is 2.01. The fraction of sp³-hybridized carbons (Fsp3) is 0.192. The Bertz CT molecular complexity index is 1290. The van der Waals surface area contributed by atoms with Gasteiger partial charge in [-0.15, -0.1) is 4.31 Å². The summed E-state index contributed by atoms with van der Waals surface area (Å²) in [5, 5.41) is 0. The van der Waals surface area contributed by atoms with Crippen LogP contribution in [0.15, 0.2) is 102 Å². The van der Waals surface area contributed by atoms with Crippen LogP contribution in [-0.4, -0.2) is 31.4 Å². The van der Waals surface area contributed by atoms with E-state index in [9.17, 15) is 13.2 Å². The van der Waals surface area contributed by atoms with E-state index in [-0.39, 0.29) is 11.5 Å². The van der Waals surface area contributed by atoms with E-state index in [0.29, 0.717) is 5.56 Å². The largest absolute Gasteiger partial charge is 0.450 e. The van der Waals surface area contributed by atoms with Gasteiger partial charge in [-0.1, -0.05) is 78.4 Å². The van der Waals surface area contributed by atoms with Crippen molar-refractivity contribution in [1.82, 2.24) is 4.31 Å². The molecule has 33 heavy (non-hydrogen) atoms. The van der Waals surface area contributed by atoms with Crippen molar-refractivity contribution in [2.24, 2.45) is 0 Å². The molecule has 0 saturated carbocycles. The minimum absolute atomic E-state index is 0.103. The van der Waals surface area contributed by atoms with Gasteiger partial charge in [0.2, 0.25) is 15.7 Å².